The first-order valence-corrected chi connectivity index (χ1v) is 6.69. The topological polar surface area (TPSA) is 68.0 Å². The van der Waals surface area contributed by atoms with Crippen molar-refractivity contribution in [1.82, 2.24) is 4.98 Å². The number of anilines is 2. The maximum atomic E-state index is 12.0. The number of carbonyl (C=O) groups is 1. The van der Waals surface area contributed by atoms with Crippen molar-refractivity contribution in [3.8, 4) is 0 Å². The van der Waals surface area contributed by atoms with Crippen LogP contribution in [-0.2, 0) is 4.79 Å². The summed E-state index contributed by atoms with van der Waals surface area (Å²) in [7, 11) is 0. The van der Waals surface area contributed by atoms with E-state index >= 15 is 0 Å². The van der Waals surface area contributed by atoms with Gasteiger partial charge in [0.2, 0.25) is 5.91 Å². The number of hydrogen-bond acceptors (Lipinski definition) is 3. The van der Waals surface area contributed by atoms with Crippen molar-refractivity contribution in [3.05, 3.63) is 53.2 Å². The third-order valence-corrected chi connectivity index (χ3v) is 3.22. The summed E-state index contributed by atoms with van der Waals surface area (Å²) in [5.74, 6) is 0.478. The lowest BCUT2D eigenvalue weighted by Gasteiger charge is -2.12. The molecule has 0 saturated carbocycles. The summed E-state index contributed by atoms with van der Waals surface area (Å²) in [6.45, 7) is 2.00. The molecular formula is C15H16ClN3O. The van der Waals surface area contributed by atoms with Crippen molar-refractivity contribution in [1.29, 1.82) is 0 Å². The SMILES string of the molecule is CC(CC(=O)Nc1cc(Cl)ccn1)c1ccc(N)cc1. The van der Waals surface area contributed by atoms with Crippen molar-refractivity contribution < 1.29 is 4.79 Å². The van der Waals surface area contributed by atoms with E-state index in [1.807, 2.05) is 31.2 Å². The zero-order chi connectivity index (χ0) is 14.5. The number of hydrogen-bond donors (Lipinski definition) is 2. The Morgan fingerprint density at radius 1 is 1.35 bits per heavy atom. The van der Waals surface area contributed by atoms with E-state index in [9.17, 15) is 4.79 Å². The highest BCUT2D eigenvalue weighted by molar-refractivity contribution is 6.30. The molecule has 4 nitrogen and oxygen atoms in total. The Labute approximate surface area is 123 Å². The lowest BCUT2D eigenvalue weighted by molar-refractivity contribution is -0.116. The molecule has 1 heterocycles. The van der Waals surface area contributed by atoms with Crippen LogP contribution in [0.4, 0.5) is 11.5 Å². The number of rotatable bonds is 4. The van der Waals surface area contributed by atoms with E-state index in [0.717, 1.165) is 5.56 Å². The summed E-state index contributed by atoms with van der Waals surface area (Å²) in [6, 6.07) is 10.8. The number of amides is 1. The van der Waals surface area contributed by atoms with Gasteiger partial charge in [-0.3, -0.25) is 4.79 Å². The molecule has 2 rings (SSSR count). The molecule has 0 aliphatic carbocycles. The summed E-state index contributed by atoms with van der Waals surface area (Å²) in [5, 5.41) is 3.28. The number of nitrogens with one attached hydrogen (secondary N) is 1. The second-order valence-corrected chi connectivity index (χ2v) is 5.12. The third-order valence-electron chi connectivity index (χ3n) is 2.99. The van der Waals surface area contributed by atoms with Crippen molar-refractivity contribution >= 4 is 29.0 Å². The fourth-order valence-corrected chi connectivity index (χ4v) is 2.05. The Bertz CT molecular complexity index is 598. The van der Waals surface area contributed by atoms with E-state index in [2.05, 4.69) is 10.3 Å². The fraction of sp³-hybridized carbons (Fsp3) is 0.200. The molecular weight excluding hydrogens is 274 g/mol. The predicted octanol–water partition coefficient (Wildman–Crippen LogP) is 3.45. The third kappa shape index (κ3) is 3.96. The first-order chi connectivity index (χ1) is 9.54. The molecule has 1 unspecified atom stereocenters. The number of halogens is 1. The summed E-state index contributed by atoms with van der Waals surface area (Å²) in [6.07, 6.45) is 1.93. The quantitative estimate of drug-likeness (QED) is 0.847. The second-order valence-electron chi connectivity index (χ2n) is 4.68. The fourth-order valence-electron chi connectivity index (χ4n) is 1.89. The highest BCUT2D eigenvalue weighted by atomic mass is 35.5. The van der Waals surface area contributed by atoms with E-state index in [0.29, 0.717) is 22.9 Å². The standard InChI is InChI=1S/C15H16ClN3O/c1-10(11-2-4-13(17)5-3-11)8-15(20)19-14-9-12(16)6-7-18-14/h2-7,9-10H,8,17H2,1H3,(H,18,19,20). The molecule has 1 aromatic carbocycles. The minimum atomic E-state index is -0.0934. The van der Waals surface area contributed by atoms with Gasteiger partial charge in [0.05, 0.1) is 0 Å². The number of benzene rings is 1. The molecule has 1 aromatic heterocycles. The Balaban J connectivity index is 1.95. The summed E-state index contributed by atoms with van der Waals surface area (Å²) >= 11 is 5.84. The number of pyridine rings is 1. The first-order valence-electron chi connectivity index (χ1n) is 6.31. The maximum absolute atomic E-state index is 12.0. The van der Waals surface area contributed by atoms with Gasteiger partial charge in [0.25, 0.3) is 0 Å². The molecule has 20 heavy (non-hydrogen) atoms. The van der Waals surface area contributed by atoms with Gasteiger partial charge < -0.3 is 11.1 Å². The van der Waals surface area contributed by atoms with Gasteiger partial charge in [0.15, 0.2) is 0 Å². The van der Waals surface area contributed by atoms with Crippen LogP contribution in [-0.4, -0.2) is 10.9 Å². The van der Waals surface area contributed by atoms with E-state index in [1.54, 1.807) is 18.3 Å². The molecule has 5 heteroatoms. The molecule has 3 N–H and O–H groups in total. The normalized spacial score (nSPS) is 11.9. The second kappa shape index (κ2) is 6.39. The molecule has 0 saturated heterocycles. The van der Waals surface area contributed by atoms with Crippen LogP contribution in [0, 0.1) is 0 Å². The molecule has 0 bridgehead atoms. The van der Waals surface area contributed by atoms with Crippen LogP contribution in [0.3, 0.4) is 0 Å². The van der Waals surface area contributed by atoms with Crippen LogP contribution in [0.2, 0.25) is 5.02 Å². The maximum Gasteiger partial charge on any atom is 0.226 e. The molecule has 104 valence electrons. The zero-order valence-corrected chi connectivity index (χ0v) is 11.9. The first kappa shape index (κ1) is 14.3. The predicted molar refractivity (Wildman–Crippen MR) is 81.8 cm³/mol. The summed E-state index contributed by atoms with van der Waals surface area (Å²) < 4.78 is 0. The Morgan fingerprint density at radius 3 is 2.70 bits per heavy atom. The monoisotopic (exact) mass is 289 g/mol. The largest absolute Gasteiger partial charge is 0.399 e. The van der Waals surface area contributed by atoms with Crippen LogP contribution >= 0.6 is 11.6 Å². The molecule has 0 radical (unpaired) electrons. The number of nitrogen functional groups attached to an aromatic ring is 1. The van der Waals surface area contributed by atoms with Crippen LogP contribution in [0.25, 0.3) is 0 Å². The van der Waals surface area contributed by atoms with Gasteiger partial charge in [-0.1, -0.05) is 30.7 Å². The lowest BCUT2D eigenvalue weighted by atomic mass is 9.97. The molecule has 0 spiro atoms. The van der Waals surface area contributed by atoms with Crippen LogP contribution in [0.15, 0.2) is 42.6 Å². The van der Waals surface area contributed by atoms with Crippen LogP contribution in [0.1, 0.15) is 24.8 Å². The van der Waals surface area contributed by atoms with Crippen LogP contribution in [0.5, 0.6) is 0 Å². The Kier molecular flexibility index (Phi) is 4.58. The number of aromatic nitrogens is 1. The molecule has 1 atom stereocenters. The van der Waals surface area contributed by atoms with Gasteiger partial charge >= 0.3 is 0 Å². The van der Waals surface area contributed by atoms with Crippen molar-refractivity contribution in [3.63, 3.8) is 0 Å². The average Bonchev–Trinajstić information content (AvgIpc) is 2.39. The smallest absolute Gasteiger partial charge is 0.226 e. The highest BCUT2D eigenvalue weighted by Crippen LogP contribution is 2.21. The molecule has 1 amide bonds. The number of carbonyl (C=O) groups excluding carboxylic acids is 1. The van der Waals surface area contributed by atoms with Gasteiger partial charge in [-0.25, -0.2) is 4.98 Å². The van der Waals surface area contributed by atoms with Crippen molar-refractivity contribution in [2.75, 3.05) is 11.1 Å². The van der Waals surface area contributed by atoms with E-state index in [-0.39, 0.29) is 11.8 Å². The Hall–Kier alpha value is -2.07. The zero-order valence-electron chi connectivity index (χ0n) is 11.1. The number of nitrogens with zero attached hydrogens (tertiary/aromatic N) is 1. The van der Waals surface area contributed by atoms with Gasteiger partial charge in [-0.05, 0) is 35.7 Å². The van der Waals surface area contributed by atoms with Crippen LogP contribution < -0.4 is 11.1 Å². The Morgan fingerprint density at radius 2 is 2.05 bits per heavy atom. The molecule has 0 aliphatic heterocycles. The van der Waals surface area contributed by atoms with Crippen molar-refractivity contribution in [2.24, 2.45) is 0 Å². The summed E-state index contributed by atoms with van der Waals surface area (Å²) in [4.78, 5) is 16.0. The minimum absolute atomic E-state index is 0.0934. The molecule has 0 aliphatic rings. The minimum Gasteiger partial charge on any atom is -0.399 e. The van der Waals surface area contributed by atoms with Gasteiger partial charge in [0, 0.05) is 23.3 Å². The van der Waals surface area contributed by atoms with E-state index in [1.165, 1.54) is 0 Å². The van der Waals surface area contributed by atoms with E-state index < -0.39 is 0 Å². The number of nitrogens with two attached hydrogens (primary N) is 1. The van der Waals surface area contributed by atoms with Gasteiger partial charge in [-0.2, -0.15) is 0 Å². The average molecular weight is 290 g/mol. The molecule has 2 aromatic rings. The van der Waals surface area contributed by atoms with Gasteiger partial charge in [-0.15, -0.1) is 0 Å². The summed E-state index contributed by atoms with van der Waals surface area (Å²) in [5.41, 5.74) is 7.44. The molecule has 0 fully saturated rings. The van der Waals surface area contributed by atoms with E-state index in [4.69, 9.17) is 17.3 Å². The lowest BCUT2D eigenvalue weighted by Crippen LogP contribution is -2.15. The highest BCUT2D eigenvalue weighted by Gasteiger charge is 2.12. The van der Waals surface area contributed by atoms with Crippen molar-refractivity contribution in [2.45, 2.75) is 19.3 Å². The van der Waals surface area contributed by atoms with Gasteiger partial charge in [0.1, 0.15) is 5.82 Å².